The van der Waals surface area contributed by atoms with E-state index in [0.29, 0.717) is 39.0 Å². The highest BCUT2D eigenvalue weighted by atomic mass is 35.5. The zero-order chi connectivity index (χ0) is 23.8. The quantitative estimate of drug-likeness (QED) is 0.183. The van der Waals surface area contributed by atoms with E-state index in [9.17, 15) is 9.59 Å². The zero-order valence-electron chi connectivity index (χ0n) is 18.3. The van der Waals surface area contributed by atoms with Crippen molar-refractivity contribution in [3.8, 4) is 11.5 Å². The normalized spacial score (nSPS) is 14.6. The Labute approximate surface area is 207 Å². The van der Waals surface area contributed by atoms with E-state index >= 15 is 0 Å². The molecule has 0 unspecified atom stereocenters. The third-order valence-electron chi connectivity index (χ3n) is 4.75. The molecular formula is C24H24ClNO5S2. The Morgan fingerprint density at radius 2 is 2.00 bits per heavy atom. The van der Waals surface area contributed by atoms with E-state index in [1.165, 1.54) is 4.90 Å². The molecule has 0 N–H and O–H groups in total. The Morgan fingerprint density at radius 1 is 1.21 bits per heavy atom. The molecule has 0 aliphatic carbocycles. The summed E-state index contributed by atoms with van der Waals surface area (Å²) in [5.41, 5.74) is 1.60. The standard InChI is InChI=1S/C24H24ClNO5S2/c1-3-4-11-30-22(27)14-26-23(28)21(33-24(26)32)13-16-9-10-19(20(12-16)29-2)31-15-17-7-5-6-8-18(17)25/h5-10,12-13H,3-4,11,14-15H2,1-2H3/b21-13-. The summed E-state index contributed by atoms with van der Waals surface area (Å²) in [4.78, 5) is 26.5. The number of methoxy groups -OCH3 is 1. The van der Waals surface area contributed by atoms with Crippen LogP contribution in [0.15, 0.2) is 47.4 Å². The van der Waals surface area contributed by atoms with Crippen molar-refractivity contribution in [1.82, 2.24) is 4.90 Å². The van der Waals surface area contributed by atoms with Gasteiger partial charge in [-0.2, -0.15) is 0 Å². The van der Waals surface area contributed by atoms with Gasteiger partial charge in [0.1, 0.15) is 17.5 Å². The number of carbonyl (C=O) groups excluding carboxylic acids is 2. The average Bonchev–Trinajstić information content (AvgIpc) is 3.06. The Hall–Kier alpha value is -2.55. The van der Waals surface area contributed by atoms with E-state index in [4.69, 9.17) is 38.0 Å². The summed E-state index contributed by atoms with van der Waals surface area (Å²) in [6, 6.07) is 12.8. The SMILES string of the molecule is CCCCOC(=O)CN1C(=O)/C(=C/c2ccc(OCc3ccccc3Cl)c(OC)c2)SC1=S. The summed E-state index contributed by atoms with van der Waals surface area (Å²) in [6.45, 7) is 2.45. The van der Waals surface area contributed by atoms with E-state index in [1.807, 2.05) is 37.3 Å². The molecule has 2 aromatic carbocycles. The van der Waals surface area contributed by atoms with Gasteiger partial charge in [0.15, 0.2) is 11.5 Å². The van der Waals surface area contributed by atoms with Crippen molar-refractivity contribution in [2.75, 3.05) is 20.3 Å². The lowest BCUT2D eigenvalue weighted by atomic mass is 10.1. The van der Waals surface area contributed by atoms with Gasteiger partial charge in [-0.25, -0.2) is 0 Å². The lowest BCUT2D eigenvalue weighted by Crippen LogP contribution is -2.34. The lowest BCUT2D eigenvalue weighted by molar-refractivity contribution is -0.146. The van der Waals surface area contributed by atoms with Gasteiger partial charge in [-0.1, -0.05) is 73.2 Å². The summed E-state index contributed by atoms with van der Waals surface area (Å²) < 4.78 is 16.8. The molecule has 1 heterocycles. The number of thioether (sulfide) groups is 1. The maximum atomic E-state index is 12.8. The first-order chi connectivity index (χ1) is 15.9. The van der Waals surface area contributed by atoms with Crippen LogP contribution in [0, 0.1) is 0 Å². The number of hydrogen-bond donors (Lipinski definition) is 0. The van der Waals surface area contributed by atoms with Crippen molar-refractivity contribution in [2.45, 2.75) is 26.4 Å². The van der Waals surface area contributed by atoms with Gasteiger partial charge >= 0.3 is 5.97 Å². The molecule has 6 nitrogen and oxygen atoms in total. The van der Waals surface area contributed by atoms with Crippen LogP contribution in [0.5, 0.6) is 11.5 Å². The van der Waals surface area contributed by atoms with Crippen LogP contribution >= 0.6 is 35.6 Å². The van der Waals surface area contributed by atoms with E-state index in [2.05, 4.69) is 0 Å². The number of rotatable bonds is 10. The average molecular weight is 506 g/mol. The van der Waals surface area contributed by atoms with Crippen LogP contribution in [0.3, 0.4) is 0 Å². The third kappa shape index (κ3) is 6.72. The smallest absolute Gasteiger partial charge is 0.326 e. The van der Waals surface area contributed by atoms with Crippen molar-refractivity contribution < 1.29 is 23.8 Å². The number of carbonyl (C=O) groups is 2. The van der Waals surface area contributed by atoms with Crippen LogP contribution in [-0.4, -0.2) is 41.4 Å². The molecule has 1 fully saturated rings. The molecule has 0 spiro atoms. The number of benzene rings is 2. The van der Waals surface area contributed by atoms with Crippen molar-refractivity contribution in [3.05, 3.63) is 63.5 Å². The first-order valence-corrected chi connectivity index (χ1v) is 12.0. The second kappa shape index (κ2) is 12.1. The highest BCUT2D eigenvalue weighted by molar-refractivity contribution is 8.26. The molecule has 1 amide bonds. The number of unbranched alkanes of at least 4 members (excludes halogenated alkanes) is 1. The fourth-order valence-electron chi connectivity index (χ4n) is 2.96. The molecule has 33 heavy (non-hydrogen) atoms. The van der Waals surface area contributed by atoms with Crippen molar-refractivity contribution in [3.63, 3.8) is 0 Å². The van der Waals surface area contributed by atoms with E-state index in [0.717, 1.165) is 35.7 Å². The maximum Gasteiger partial charge on any atom is 0.326 e. The number of amides is 1. The molecule has 174 valence electrons. The molecule has 0 radical (unpaired) electrons. The monoisotopic (exact) mass is 505 g/mol. The summed E-state index contributed by atoms with van der Waals surface area (Å²) >= 11 is 12.6. The highest BCUT2D eigenvalue weighted by Crippen LogP contribution is 2.35. The van der Waals surface area contributed by atoms with Gasteiger partial charge < -0.3 is 14.2 Å². The fourth-order valence-corrected chi connectivity index (χ4v) is 4.40. The highest BCUT2D eigenvalue weighted by Gasteiger charge is 2.33. The number of hydrogen-bond acceptors (Lipinski definition) is 7. The number of thiocarbonyl (C=S) groups is 1. The van der Waals surface area contributed by atoms with Crippen LogP contribution in [0.25, 0.3) is 6.08 Å². The molecule has 1 aliphatic rings. The second-order valence-electron chi connectivity index (χ2n) is 7.13. The van der Waals surface area contributed by atoms with Crippen molar-refractivity contribution >= 4 is 57.9 Å². The Bertz CT molecular complexity index is 1070. The van der Waals surface area contributed by atoms with Gasteiger partial charge in [0.2, 0.25) is 0 Å². The van der Waals surface area contributed by atoms with Gasteiger partial charge in [-0.15, -0.1) is 0 Å². The van der Waals surface area contributed by atoms with Gasteiger partial charge in [0.25, 0.3) is 5.91 Å². The fraction of sp³-hybridized carbons (Fsp3) is 0.292. The predicted molar refractivity (Wildman–Crippen MR) is 135 cm³/mol. The molecular weight excluding hydrogens is 482 g/mol. The second-order valence-corrected chi connectivity index (χ2v) is 9.22. The van der Waals surface area contributed by atoms with Gasteiger partial charge in [-0.3, -0.25) is 14.5 Å². The van der Waals surface area contributed by atoms with Crippen LogP contribution in [0.1, 0.15) is 30.9 Å². The number of nitrogens with zero attached hydrogens (tertiary/aromatic N) is 1. The molecule has 0 atom stereocenters. The van der Waals surface area contributed by atoms with Crippen LogP contribution in [-0.2, 0) is 20.9 Å². The molecule has 0 aromatic heterocycles. The van der Waals surface area contributed by atoms with Gasteiger partial charge in [0.05, 0.1) is 18.6 Å². The number of esters is 1. The molecule has 0 saturated carbocycles. The minimum atomic E-state index is -0.470. The molecule has 3 rings (SSSR count). The minimum absolute atomic E-state index is 0.191. The Balaban J connectivity index is 1.68. The molecule has 0 bridgehead atoms. The maximum absolute atomic E-state index is 12.8. The summed E-state index contributed by atoms with van der Waals surface area (Å²) in [5, 5.41) is 0.629. The van der Waals surface area contributed by atoms with Crippen molar-refractivity contribution in [1.29, 1.82) is 0 Å². The van der Waals surface area contributed by atoms with E-state index in [-0.39, 0.29) is 12.5 Å². The number of ether oxygens (including phenoxy) is 3. The van der Waals surface area contributed by atoms with Crippen LogP contribution in [0.4, 0.5) is 0 Å². The van der Waals surface area contributed by atoms with E-state index in [1.54, 1.807) is 25.3 Å². The third-order valence-corrected chi connectivity index (χ3v) is 6.49. The molecule has 1 aliphatic heterocycles. The molecule has 1 saturated heterocycles. The van der Waals surface area contributed by atoms with E-state index < -0.39 is 5.97 Å². The lowest BCUT2D eigenvalue weighted by Gasteiger charge is -2.13. The number of halogens is 1. The summed E-state index contributed by atoms with van der Waals surface area (Å²) in [6.07, 6.45) is 3.41. The first kappa shape index (κ1) is 25.1. The van der Waals surface area contributed by atoms with Gasteiger partial charge in [-0.05, 0) is 36.3 Å². The zero-order valence-corrected chi connectivity index (χ0v) is 20.7. The predicted octanol–water partition coefficient (Wildman–Crippen LogP) is 5.47. The molecule has 2 aromatic rings. The largest absolute Gasteiger partial charge is 0.493 e. The van der Waals surface area contributed by atoms with Gasteiger partial charge in [0, 0.05) is 10.6 Å². The van der Waals surface area contributed by atoms with Crippen molar-refractivity contribution in [2.24, 2.45) is 0 Å². The Kier molecular flexibility index (Phi) is 9.17. The summed E-state index contributed by atoms with van der Waals surface area (Å²) in [7, 11) is 1.55. The van der Waals surface area contributed by atoms with Crippen LogP contribution < -0.4 is 9.47 Å². The first-order valence-electron chi connectivity index (χ1n) is 10.4. The Morgan fingerprint density at radius 3 is 2.73 bits per heavy atom. The molecule has 9 heteroatoms. The summed E-state index contributed by atoms with van der Waals surface area (Å²) in [5.74, 6) is 0.279. The topological polar surface area (TPSA) is 65.1 Å². The minimum Gasteiger partial charge on any atom is -0.493 e. The van der Waals surface area contributed by atoms with Crippen LogP contribution in [0.2, 0.25) is 5.02 Å².